The molecule has 0 bridgehead atoms. The first-order valence-electron chi connectivity index (χ1n) is 4.34. The Kier molecular flexibility index (Phi) is 2.14. The first kappa shape index (κ1) is 8.69. The van der Waals surface area contributed by atoms with Crippen LogP contribution in [0.1, 0.15) is 5.69 Å². The minimum atomic E-state index is 0.488. The molecule has 0 saturated heterocycles. The van der Waals surface area contributed by atoms with E-state index in [2.05, 4.69) is 9.97 Å². The molecule has 0 saturated carbocycles. The lowest BCUT2D eigenvalue weighted by atomic mass is 10.5. The van der Waals surface area contributed by atoms with E-state index in [-0.39, 0.29) is 0 Å². The molecule has 0 radical (unpaired) electrons. The Labute approximate surface area is 82.1 Å². The Bertz CT molecular complexity index is 420. The molecule has 0 atom stereocenters. The molecule has 1 N–H and O–H groups in total. The molecule has 0 aromatic carbocycles. The van der Waals surface area contributed by atoms with Crippen molar-refractivity contribution in [3.63, 3.8) is 0 Å². The van der Waals surface area contributed by atoms with Gasteiger partial charge in [0.25, 0.3) is 0 Å². The van der Waals surface area contributed by atoms with Gasteiger partial charge in [-0.3, -0.25) is 9.97 Å². The summed E-state index contributed by atoms with van der Waals surface area (Å²) >= 11 is 0. The van der Waals surface area contributed by atoms with Crippen molar-refractivity contribution in [2.45, 2.75) is 6.92 Å². The van der Waals surface area contributed by atoms with Gasteiger partial charge in [-0.25, -0.2) is 0 Å². The summed E-state index contributed by atoms with van der Waals surface area (Å²) in [7, 11) is 0. The Hall–Kier alpha value is -1.90. The molecule has 14 heavy (non-hydrogen) atoms. The van der Waals surface area contributed by atoms with Gasteiger partial charge >= 0.3 is 0 Å². The quantitative estimate of drug-likeness (QED) is 0.585. The summed E-state index contributed by atoms with van der Waals surface area (Å²) in [6, 6.07) is 5.75. The lowest BCUT2D eigenvalue weighted by Gasteiger charge is -1.81. The number of benzene rings is 1. The second kappa shape index (κ2) is 3.46. The van der Waals surface area contributed by atoms with Gasteiger partial charge in [-0.15, -0.1) is 0 Å². The Morgan fingerprint density at radius 2 is 1.86 bits per heavy atom. The van der Waals surface area contributed by atoms with Gasteiger partial charge in [0.2, 0.25) is 0 Å². The molecule has 2 aliphatic rings. The smallest absolute Gasteiger partial charge is 0.131 e. The van der Waals surface area contributed by atoms with Crippen LogP contribution in [-0.4, -0.2) is 15.1 Å². The molecule has 0 amide bonds. The minimum absolute atomic E-state index is 0.488. The summed E-state index contributed by atoms with van der Waals surface area (Å²) in [5.41, 5.74) is 3.02. The summed E-state index contributed by atoms with van der Waals surface area (Å²) in [6.45, 7) is 1.91. The number of fused-ring (bicyclic) bond motifs is 1. The second-order valence-corrected chi connectivity index (χ2v) is 3.05. The molecule has 3 rings (SSSR count). The highest BCUT2D eigenvalue weighted by atomic mass is 16.3. The van der Waals surface area contributed by atoms with Gasteiger partial charge in [-0.2, -0.15) is 0 Å². The maximum atomic E-state index is 8.71. The monoisotopic (exact) mass is 186 g/mol. The topological polar surface area (TPSA) is 46.0 Å². The highest BCUT2D eigenvalue weighted by Crippen LogP contribution is 2.49. The fourth-order valence-corrected chi connectivity index (χ4v) is 1.16. The molecule has 1 aromatic heterocycles. The molecule has 0 unspecified atom stereocenters. The van der Waals surface area contributed by atoms with E-state index < -0.39 is 0 Å². The van der Waals surface area contributed by atoms with Crippen LogP contribution in [0.5, 0.6) is 5.75 Å². The lowest BCUT2D eigenvalue weighted by molar-refractivity contribution is 0.495. The third kappa shape index (κ3) is 1.71. The predicted molar refractivity (Wildman–Crippen MR) is 53.9 cm³/mol. The van der Waals surface area contributed by atoms with Crippen LogP contribution in [0, 0.1) is 6.92 Å². The van der Waals surface area contributed by atoms with Crippen molar-refractivity contribution in [2.75, 3.05) is 0 Å². The van der Waals surface area contributed by atoms with Crippen molar-refractivity contribution >= 4 is 0 Å². The van der Waals surface area contributed by atoms with Crippen LogP contribution in [-0.2, 0) is 0 Å². The number of nitrogens with zero attached hydrogens (tertiary/aromatic N) is 2. The van der Waals surface area contributed by atoms with Gasteiger partial charge in [-0.1, -0.05) is 18.2 Å². The molecule has 2 aliphatic carbocycles. The van der Waals surface area contributed by atoms with Crippen molar-refractivity contribution in [2.24, 2.45) is 0 Å². The predicted octanol–water partition coefficient (Wildman–Crippen LogP) is 2.16. The van der Waals surface area contributed by atoms with Crippen molar-refractivity contribution in [3.05, 3.63) is 42.5 Å². The Balaban J connectivity index is 0.000000107. The van der Waals surface area contributed by atoms with Gasteiger partial charge in [0.05, 0.1) is 5.69 Å². The molecule has 0 spiro atoms. The van der Waals surface area contributed by atoms with E-state index in [1.165, 1.54) is 0 Å². The molecular formula is C11H10N2O. The molecule has 3 nitrogen and oxygen atoms in total. The summed E-state index contributed by atoms with van der Waals surface area (Å²) < 4.78 is 0. The number of aromatic nitrogens is 2. The second-order valence-electron chi connectivity index (χ2n) is 3.05. The van der Waals surface area contributed by atoms with Gasteiger partial charge in [0.1, 0.15) is 5.75 Å². The zero-order valence-corrected chi connectivity index (χ0v) is 7.81. The van der Waals surface area contributed by atoms with Crippen LogP contribution < -0.4 is 0 Å². The maximum Gasteiger partial charge on any atom is 0.131 e. The number of aryl methyl sites for hydroxylation is 1. The summed E-state index contributed by atoms with van der Waals surface area (Å²) in [4.78, 5) is 7.74. The van der Waals surface area contributed by atoms with Crippen LogP contribution in [0.2, 0.25) is 0 Å². The normalized spacial score (nSPS) is 10.1. The van der Waals surface area contributed by atoms with Crippen LogP contribution in [0.4, 0.5) is 0 Å². The van der Waals surface area contributed by atoms with Crippen molar-refractivity contribution in [1.82, 2.24) is 9.97 Å². The fraction of sp³-hybridized carbons (Fsp3) is 0.0909. The SMILES string of the molecule is Cc1cnccn1.Oc1c2cccc1-2. The van der Waals surface area contributed by atoms with E-state index in [9.17, 15) is 0 Å². The zero-order valence-electron chi connectivity index (χ0n) is 7.81. The van der Waals surface area contributed by atoms with E-state index >= 15 is 0 Å². The molecule has 1 aromatic rings. The maximum absolute atomic E-state index is 8.71. The Morgan fingerprint density at radius 1 is 1.14 bits per heavy atom. The Morgan fingerprint density at radius 3 is 2.14 bits per heavy atom. The van der Waals surface area contributed by atoms with Gasteiger partial charge < -0.3 is 5.11 Å². The molecule has 3 heteroatoms. The minimum Gasteiger partial charge on any atom is -0.507 e. The first-order valence-corrected chi connectivity index (χ1v) is 4.34. The first-order chi connectivity index (χ1) is 6.79. The van der Waals surface area contributed by atoms with Crippen molar-refractivity contribution in [1.29, 1.82) is 0 Å². The average Bonchev–Trinajstić information content (AvgIpc) is 2.68. The third-order valence-corrected chi connectivity index (χ3v) is 1.96. The number of hydrogen-bond donors (Lipinski definition) is 1. The number of rotatable bonds is 0. The summed E-state index contributed by atoms with van der Waals surface area (Å²) in [5.74, 6) is 0.488. The van der Waals surface area contributed by atoms with Crippen molar-refractivity contribution in [3.8, 4) is 16.9 Å². The highest BCUT2D eigenvalue weighted by molar-refractivity contribution is 5.94. The number of para-hydroxylation sites is 1. The number of phenols is 1. The number of hydrogen-bond acceptors (Lipinski definition) is 3. The van der Waals surface area contributed by atoms with E-state index in [0.717, 1.165) is 16.8 Å². The van der Waals surface area contributed by atoms with Crippen molar-refractivity contribution < 1.29 is 5.11 Å². The van der Waals surface area contributed by atoms with E-state index in [0.29, 0.717) is 5.75 Å². The average molecular weight is 186 g/mol. The number of aromatic hydroxyl groups is 1. The molecule has 70 valence electrons. The fourth-order valence-electron chi connectivity index (χ4n) is 1.16. The van der Waals surface area contributed by atoms with E-state index in [1.54, 1.807) is 18.6 Å². The van der Waals surface area contributed by atoms with Crippen LogP contribution >= 0.6 is 0 Å². The molecular weight excluding hydrogens is 176 g/mol. The van der Waals surface area contributed by atoms with Gasteiger partial charge in [-0.05, 0) is 6.92 Å². The van der Waals surface area contributed by atoms with Gasteiger partial charge in [0.15, 0.2) is 0 Å². The lowest BCUT2D eigenvalue weighted by Crippen LogP contribution is -1.77. The van der Waals surface area contributed by atoms with Crippen LogP contribution in [0.3, 0.4) is 0 Å². The van der Waals surface area contributed by atoms with Crippen LogP contribution in [0.25, 0.3) is 11.1 Å². The zero-order chi connectivity index (χ0) is 9.97. The van der Waals surface area contributed by atoms with Crippen LogP contribution in [0.15, 0.2) is 36.8 Å². The number of phenolic OH excluding ortho intramolecular Hbond substituents is 1. The molecule has 0 aliphatic heterocycles. The molecule has 0 fully saturated rings. The third-order valence-electron chi connectivity index (χ3n) is 1.96. The van der Waals surface area contributed by atoms with Gasteiger partial charge in [0, 0.05) is 29.7 Å². The molecule has 1 heterocycles. The summed E-state index contributed by atoms with van der Waals surface area (Å²) in [5, 5.41) is 8.71. The van der Waals surface area contributed by atoms with E-state index in [1.807, 2.05) is 25.1 Å². The highest BCUT2D eigenvalue weighted by Gasteiger charge is 2.21. The van der Waals surface area contributed by atoms with E-state index in [4.69, 9.17) is 5.11 Å². The standard InChI is InChI=1S/C6H4O.C5H6N2/c7-6-4-2-1-3-5(4)6;1-5-4-6-2-3-7-5/h1-3,7H;2-4H,1H3. The summed E-state index contributed by atoms with van der Waals surface area (Å²) in [6.07, 6.45) is 5.06. The largest absolute Gasteiger partial charge is 0.507 e.